The van der Waals surface area contributed by atoms with Gasteiger partial charge in [-0.2, -0.15) is 0 Å². The van der Waals surface area contributed by atoms with Gasteiger partial charge in [-0.1, -0.05) is 48.5 Å². The van der Waals surface area contributed by atoms with E-state index in [0.717, 1.165) is 11.1 Å². The maximum atomic E-state index is 12.6. The Labute approximate surface area is 125 Å². The number of likely N-dealkylation sites (N-methyl/N-ethyl adjacent to an activating group) is 1. The van der Waals surface area contributed by atoms with Crippen molar-refractivity contribution in [2.24, 2.45) is 0 Å². The van der Waals surface area contributed by atoms with Crippen LogP contribution >= 0.6 is 0 Å². The zero-order valence-corrected chi connectivity index (χ0v) is 12.7. The van der Waals surface area contributed by atoms with Crippen molar-refractivity contribution in [1.82, 2.24) is 4.90 Å². The number of carbonyl (C=O) groups is 1. The van der Waals surface area contributed by atoms with Gasteiger partial charge in [0.15, 0.2) is 0 Å². The van der Waals surface area contributed by atoms with Crippen LogP contribution in [0.1, 0.15) is 36.9 Å². The Bertz CT molecular complexity index is 610. The van der Waals surface area contributed by atoms with E-state index < -0.39 is 0 Å². The van der Waals surface area contributed by atoms with Gasteiger partial charge in [-0.05, 0) is 25.5 Å². The summed E-state index contributed by atoms with van der Waals surface area (Å²) in [6.07, 6.45) is 0. The fraction of sp³-hybridized carbons (Fsp3) is 0.278. The number of benzene rings is 2. The molecule has 0 bridgehead atoms. The SMILES string of the molecule is CC(C(=O)N(C)C(C)c1ccccc1O)c1ccccc1. The van der Waals surface area contributed by atoms with Gasteiger partial charge in [-0.3, -0.25) is 4.79 Å². The lowest BCUT2D eigenvalue weighted by molar-refractivity contribution is -0.133. The summed E-state index contributed by atoms with van der Waals surface area (Å²) in [7, 11) is 1.78. The van der Waals surface area contributed by atoms with Crippen LogP contribution in [0.4, 0.5) is 0 Å². The molecule has 0 heterocycles. The lowest BCUT2D eigenvalue weighted by Gasteiger charge is -2.28. The Morgan fingerprint density at radius 2 is 1.57 bits per heavy atom. The van der Waals surface area contributed by atoms with Crippen LogP contribution in [-0.4, -0.2) is 23.0 Å². The van der Waals surface area contributed by atoms with E-state index in [0.29, 0.717) is 0 Å². The van der Waals surface area contributed by atoms with Crippen LogP contribution < -0.4 is 0 Å². The smallest absolute Gasteiger partial charge is 0.230 e. The van der Waals surface area contributed by atoms with Gasteiger partial charge in [0.1, 0.15) is 5.75 Å². The largest absolute Gasteiger partial charge is 0.508 e. The van der Waals surface area contributed by atoms with E-state index in [1.165, 1.54) is 0 Å². The van der Waals surface area contributed by atoms with Crippen LogP contribution in [0.3, 0.4) is 0 Å². The number of phenolic OH excluding ortho intramolecular Hbond substituents is 1. The van der Waals surface area contributed by atoms with E-state index in [9.17, 15) is 9.90 Å². The van der Waals surface area contributed by atoms with Crippen molar-refractivity contribution in [3.8, 4) is 5.75 Å². The maximum absolute atomic E-state index is 12.6. The third kappa shape index (κ3) is 3.24. The molecular weight excluding hydrogens is 262 g/mol. The van der Waals surface area contributed by atoms with Gasteiger partial charge in [0.2, 0.25) is 5.91 Å². The van der Waals surface area contributed by atoms with E-state index in [2.05, 4.69) is 0 Å². The van der Waals surface area contributed by atoms with Crippen LogP contribution in [0.25, 0.3) is 0 Å². The molecule has 1 amide bonds. The molecule has 3 heteroatoms. The second kappa shape index (κ2) is 6.44. The minimum atomic E-state index is -0.204. The molecule has 0 fully saturated rings. The third-order valence-corrected chi connectivity index (χ3v) is 3.99. The maximum Gasteiger partial charge on any atom is 0.230 e. The molecule has 2 unspecified atom stereocenters. The van der Waals surface area contributed by atoms with E-state index in [1.54, 1.807) is 24.1 Å². The number of para-hydroxylation sites is 1. The summed E-state index contributed by atoms with van der Waals surface area (Å²) in [6.45, 7) is 3.83. The van der Waals surface area contributed by atoms with Crippen LogP contribution in [0.5, 0.6) is 5.75 Å². The first-order valence-electron chi connectivity index (χ1n) is 7.12. The molecule has 2 atom stereocenters. The first-order chi connectivity index (χ1) is 10.0. The fourth-order valence-electron chi connectivity index (χ4n) is 2.43. The molecule has 0 aliphatic rings. The lowest BCUT2D eigenvalue weighted by Crippen LogP contribution is -2.33. The standard InChI is InChI=1S/C18H21NO2/c1-13(15-9-5-4-6-10-15)18(21)19(3)14(2)16-11-7-8-12-17(16)20/h4-14,20H,1-3H3. The second-order valence-corrected chi connectivity index (χ2v) is 5.32. The van der Waals surface area contributed by atoms with Gasteiger partial charge in [0.25, 0.3) is 0 Å². The summed E-state index contributed by atoms with van der Waals surface area (Å²) in [5.41, 5.74) is 1.76. The second-order valence-electron chi connectivity index (χ2n) is 5.32. The van der Waals surface area contributed by atoms with Gasteiger partial charge in [0, 0.05) is 12.6 Å². The Balaban J connectivity index is 2.18. The van der Waals surface area contributed by atoms with Crippen LogP contribution in [0.2, 0.25) is 0 Å². The lowest BCUT2D eigenvalue weighted by atomic mass is 9.98. The Morgan fingerprint density at radius 3 is 2.19 bits per heavy atom. The molecule has 0 aliphatic heterocycles. The number of carbonyl (C=O) groups excluding carboxylic acids is 1. The molecule has 110 valence electrons. The van der Waals surface area contributed by atoms with Crippen molar-refractivity contribution in [3.05, 3.63) is 65.7 Å². The average molecular weight is 283 g/mol. The molecule has 21 heavy (non-hydrogen) atoms. The molecule has 2 rings (SSSR count). The highest BCUT2D eigenvalue weighted by atomic mass is 16.3. The summed E-state index contributed by atoms with van der Waals surface area (Å²) in [5.74, 6) is 0.0541. The number of phenols is 1. The quantitative estimate of drug-likeness (QED) is 0.929. The van der Waals surface area contributed by atoms with E-state index in [4.69, 9.17) is 0 Å². The minimum Gasteiger partial charge on any atom is -0.508 e. The summed E-state index contributed by atoms with van der Waals surface area (Å²) in [5, 5.41) is 9.93. The highest BCUT2D eigenvalue weighted by molar-refractivity contribution is 5.83. The number of aromatic hydroxyl groups is 1. The van der Waals surface area contributed by atoms with Crippen molar-refractivity contribution in [1.29, 1.82) is 0 Å². The Hall–Kier alpha value is -2.29. The number of amides is 1. The predicted molar refractivity (Wildman–Crippen MR) is 84.1 cm³/mol. The normalized spacial score (nSPS) is 13.5. The van der Waals surface area contributed by atoms with Crippen LogP contribution in [0, 0.1) is 0 Å². The van der Waals surface area contributed by atoms with Crippen molar-refractivity contribution in [3.63, 3.8) is 0 Å². The highest BCUT2D eigenvalue weighted by Crippen LogP contribution is 2.29. The molecule has 0 radical (unpaired) electrons. The molecule has 3 nitrogen and oxygen atoms in total. The molecule has 1 N–H and O–H groups in total. The summed E-state index contributed by atoms with van der Waals surface area (Å²) >= 11 is 0. The first-order valence-corrected chi connectivity index (χ1v) is 7.12. The van der Waals surface area contributed by atoms with Crippen molar-refractivity contribution >= 4 is 5.91 Å². The zero-order valence-electron chi connectivity index (χ0n) is 12.7. The third-order valence-electron chi connectivity index (χ3n) is 3.99. The molecular formula is C18H21NO2. The van der Waals surface area contributed by atoms with Gasteiger partial charge in [0.05, 0.1) is 12.0 Å². The topological polar surface area (TPSA) is 40.5 Å². The van der Waals surface area contributed by atoms with Gasteiger partial charge >= 0.3 is 0 Å². The Kier molecular flexibility index (Phi) is 4.63. The monoisotopic (exact) mass is 283 g/mol. The fourth-order valence-corrected chi connectivity index (χ4v) is 2.43. The van der Waals surface area contributed by atoms with Gasteiger partial charge in [-0.25, -0.2) is 0 Å². The molecule has 0 aliphatic carbocycles. The number of hydrogen-bond donors (Lipinski definition) is 1. The molecule has 0 saturated carbocycles. The number of nitrogens with zero attached hydrogens (tertiary/aromatic N) is 1. The van der Waals surface area contributed by atoms with Crippen molar-refractivity contribution in [2.75, 3.05) is 7.05 Å². The summed E-state index contributed by atoms with van der Waals surface area (Å²) in [6, 6.07) is 16.7. The molecule has 2 aromatic rings. The summed E-state index contributed by atoms with van der Waals surface area (Å²) < 4.78 is 0. The Morgan fingerprint density at radius 1 is 1.00 bits per heavy atom. The zero-order chi connectivity index (χ0) is 15.4. The molecule has 0 aromatic heterocycles. The predicted octanol–water partition coefficient (Wildman–Crippen LogP) is 3.72. The van der Waals surface area contributed by atoms with E-state index in [-0.39, 0.29) is 23.6 Å². The van der Waals surface area contributed by atoms with E-state index in [1.807, 2.05) is 56.3 Å². The van der Waals surface area contributed by atoms with Crippen molar-refractivity contribution < 1.29 is 9.90 Å². The molecule has 0 saturated heterocycles. The average Bonchev–Trinajstić information content (AvgIpc) is 2.53. The molecule has 2 aromatic carbocycles. The van der Waals surface area contributed by atoms with E-state index >= 15 is 0 Å². The molecule has 0 spiro atoms. The number of rotatable bonds is 4. The number of hydrogen-bond acceptors (Lipinski definition) is 2. The van der Waals surface area contributed by atoms with Crippen molar-refractivity contribution in [2.45, 2.75) is 25.8 Å². The van der Waals surface area contributed by atoms with Gasteiger partial charge in [-0.15, -0.1) is 0 Å². The minimum absolute atomic E-state index is 0.0388. The first kappa shape index (κ1) is 15.1. The van der Waals surface area contributed by atoms with Gasteiger partial charge < -0.3 is 10.0 Å². The highest BCUT2D eigenvalue weighted by Gasteiger charge is 2.24. The van der Waals surface area contributed by atoms with Crippen LogP contribution in [-0.2, 0) is 4.79 Å². The summed E-state index contributed by atoms with van der Waals surface area (Å²) in [4.78, 5) is 14.3. The van der Waals surface area contributed by atoms with Crippen LogP contribution in [0.15, 0.2) is 54.6 Å².